The number of esters is 1. The average molecular weight is 357 g/mol. The zero-order chi connectivity index (χ0) is 18.9. The third-order valence-corrected chi connectivity index (χ3v) is 3.52. The number of carbonyl (C=O) groups excluding carboxylic acids is 3. The predicted molar refractivity (Wildman–Crippen MR) is 93.6 cm³/mol. The zero-order valence-electron chi connectivity index (χ0n) is 14.5. The highest BCUT2D eigenvalue weighted by atomic mass is 16.5. The van der Waals surface area contributed by atoms with Crippen molar-refractivity contribution in [2.45, 2.75) is 0 Å². The molecule has 0 unspecified atom stereocenters. The number of amides is 1. The molecule has 0 spiro atoms. The van der Waals surface area contributed by atoms with E-state index >= 15 is 0 Å². The number of nitrogens with one attached hydrogen (secondary N) is 1. The van der Waals surface area contributed by atoms with E-state index in [1.54, 1.807) is 48.5 Å². The third-order valence-electron chi connectivity index (χ3n) is 3.52. The van der Waals surface area contributed by atoms with Crippen LogP contribution >= 0.6 is 0 Å². The second kappa shape index (κ2) is 9.22. The van der Waals surface area contributed by atoms with Gasteiger partial charge in [0, 0.05) is 5.56 Å². The van der Waals surface area contributed by atoms with Crippen molar-refractivity contribution in [1.82, 2.24) is 5.32 Å². The molecular weight excluding hydrogens is 338 g/mol. The molecule has 2 aromatic carbocycles. The molecule has 0 heterocycles. The molecule has 7 nitrogen and oxygen atoms in total. The van der Waals surface area contributed by atoms with Crippen LogP contribution in [0.15, 0.2) is 48.5 Å². The summed E-state index contributed by atoms with van der Waals surface area (Å²) < 4.78 is 15.0. The first-order valence-corrected chi connectivity index (χ1v) is 7.79. The van der Waals surface area contributed by atoms with Gasteiger partial charge < -0.3 is 19.5 Å². The fourth-order valence-electron chi connectivity index (χ4n) is 2.15. The molecule has 0 atom stereocenters. The van der Waals surface area contributed by atoms with Gasteiger partial charge >= 0.3 is 5.97 Å². The Kier molecular flexibility index (Phi) is 6.73. The van der Waals surface area contributed by atoms with Gasteiger partial charge in [-0.05, 0) is 36.4 Å². The second-order valence-corrected chi connectivity index (χ2v) is 5.20. The van der Waals surface area contributed by atoms with Crippen LogP contribution in [-0.2, 0) is 9.53 Å². The van der Waals surface area contributed by atoms with Crippen molar-refractivity contribution in [3.63, 3.8) is 0 Å². The highest BCUT2D eigenvalue weighted by molar-refractivity contribution is 6.00. The number of benzene rings is 2. The summed E-state index contributed by atoms with van der Waals surface area (Å²) in [6, 6.07) is 13.1. The molecule has 0 aliphatic carbocycles. The van der Waals surface area contributed by atoms with Crippen molar-refractivity contribution in [3.8, 4) is 11.5 Å². The zero-order valence-corrected chi connectivity index (χ0v) is 14.5. The molecule has 0 aliphatic rings. The Morgan fingerprint density at radius 3 is 2.27 bits per heavy atom. The maximum absolute atomic E-state index is 12.1. The normalized spacial score (nSPS) is 9.92. The van der Waals surface area contributed by atoms with Gasteiger partial charge in [0.1, 0.15) is 18.0 Å². The van der Waals surface area contributed by atoms with Gasteiger partial charge in [-0.1, -0.05) is 12.1 Å². The van der Waals surface area contributed by atoms with Gasteiger partial charge in [0.15, 0.2) is 6.61 Å². The summed E-state index contributed by atoms with van der Waals surface area (Å²) in [6.07, 6.45) is 0. The minimum absolute atomic E-state index is 0.324. The van der Waals surface area contributed by atoms with E-state index in [4.69, 9.17) is 14.2 Å². The summed E-state index contributed by atoms with van der Waals surface area (Å²) >= 11 is 0. The Morgan fingerprint density at radius 2 is 1.62 bits per heavy atom. The van der Waals surface area contributed by atoms with E-state index in [1.807, 2.05) is 0 Å². The van der Waals surface area contributed by atoms with Crippen molar-refractivity contribution >= 4 is 17.7 Å². The Bertz CT molecular complexity index is 785. The molecule has 7 heteroatoms. The van der Waals surface area contributed by atoms with Crippen LogP contribution in [-0.4, -0.2) is 45.0 Å². The second-order valence-electron chi connectivity index (χ2n) is 5.20. The average Bonchev–Trinajstić information content (AvgIpc) is 2.70. The predicted octanol–water partition coefficient (Wildman–Crippen LogP) is 1.86. The van der Waals surface area contributed by atoms with Crippen molar-refractivity contribution in [3.05, 3.63) is 59.7 Å². The molecule has 0 radical (unpaired) electrons. The smallest absolute Gasteiger partial charge is 0.325 e. The number of rotatable bonds is 8. The molecule has 0 saturated carbocycles. The number of hydrogen-bond acceptors (Lipinski definition) is 6. The molecule has 1 N–H and O–H groups in total. The lowest BCUT2D eigenvalue weighted by molar-refractivity contribution is -0.141. The standard InChI is InChI=1S/C19H19NO6/c1-24-14-9-7-13(8-10-14)19(23)20-11-18(22)26-12-16(21)15-5-3-4-6-17(15)25-2/h3-10H,11-12H2,1-2H3,(H,20,23). The summed E-state index contributed by atoms with van der Waals surface area (Å²) in [6.45, 7) is -0.776. The van der Waals surface area contributed by atoms with Crippen LogP contribution in [0.5, 0.6) is 11.5 Å². The first-order valence-electron chi connectivity index (χ1n) is 7.79. The Morgan fingerprint density at radius 1 is 0.923 bits per heavy atom. The fraction of sp³-hybridized carbons (Fsp3) is 0.211. The summed E-state index contributed by atoms with van der Waals surface area (Å²) in [5, 5.41) is 2.43. The molecule has 26 heavy (non-hydrogen) atoms. The Hall–Kier alpha value is -3.35. The summed E-state index contributed by atoms with van der Waals surface area (Å²) in [5.41, 5.74) is 0.703. The van der Waals surface area contributed by atoms with Crippen LogP contribution < -0.4 is 14.8 Å². The molecule has 0 fully saturated rings. The van der Waals surface area contributed by atoms with Crippen molar-refractivity contribution in [2.75, 3.05) is 27.4 Å². The molecule has 0 aromatic heterocycles. The van der Waals surface area contributed by atoms with Crippen LogP contribution in [0, 0.1) is 0 Å². The van der Waals surface area contributed by atoms with Gasteiger partial charge in [0.05, 0.1) is 19.8 Å². The van der Waals surface area contributed by atoms with E-state index < -0.39 is 24.3 Å². The van der Waals surface area contributed by atoms with Gasteiger partial charge in [-0.15, -0.1) is 0 Å². The molecular formula is C19H19NO6. The fourth-order valence-corrected chi connectivity index (χ4v) is 2.15. The summed E-state index contributed by atoms with van der Waals surface area (Å²) in [7, 11) is 2.98. The number of carbonyl (C=O) groups is 3. The van der Waals surface area contributed by atoms with E-state index in [0.29, 0.717) is 22.6 Å². The summed E-state index contributed by atoms with van der Waals surface area (Å²) in [4.78, 5) is 35.8. The van der Waals surface area contributed by atoms with Crippen LogP contribution in [0.2, 0.25) is 0 Å². The molecule has 2 rings (SSSR count). The van der Waals surface area contributed by atoms with Crippen molar-refractivity contribution in [2.24, 2.45) is 0 Å². The van der Waals surface area contributed by atoms with Crippen LogP contribution in [0.25, 0.3) is 0 Å². The van der Waals surface area contributed by atoms with Crippen LogP contribution in [0.4, 0.5) is 0 Å². The highest BCUT2D eigenvalue weighted by Gasteiger charge is 2.15. The number of para-hydroxylation sites is 1. The van der Waals surface area contributed by atoms with Gasteiger partial charge in [-0.3, -0.25) is 14.4 Å². The van der Waals surface area contributed by atoms with Crippen LogP contribution in [0.1, 0.15) is 20.7 Å². The van der Waals surface area contributed by atoms with E-state index in [0.717, 1.165) is 0 Å². The van der Waals surface area contributed by atoms with Gasteiger partial charge in [-0.25, -0.2) is 0 Å². The van der Waals surface area contributed by atoms with Gasteiger partial charge in [0.25, 0.3) is 5.91 Å². The van der Waals surface area contributed by atoms with E-state index in [1.165, 1.54) is 14.2 Å². The first kappa shape index (κ1) is 19.0. The van der Waals surface area contributed by atoms with Crippen molar-refractivity contribution in [1.29, 1.82) is 0 Å². The quantitative estimate of drug-likeness (QED) is 0.573. The Labute approximate surface area is 150 Å². The monoisotopic (exact) mass is 357 g/mol. The number of hydrogen-bond donors (Lipinski definition) is 1. The summed E-state index contributed by atoms with van der Waals surface area (Å²) in [5.74, 6) is -0.509. The van der Waals surface area contributed by atoms with Gasteiger partial charge in [-0.2, -0.15) is 0 Å². The first-order chi connectivity index (χ1) is 12.5. The van der Waals surface area contributed by atoms with Crippen LogP contribution in [0.3, 0.4) is 0 Å². The minimum atomic E-state index is -0.713. The third kappa shape index (κ3) is 5.07. The molecule has 2 aromatic rings. The lowest BCUT2D eigenvalue weighted by Crippen LogP contribution is -2.31. The number of ketones is 1. The highest BCUT2D eigenvalue weighted by Crippen LogP contribution is 2.17. The number of ether oxygens (including phenoxy) is 3. The lowest BCUT2D eigenvalue weighted by Gasteiger charge is -2.09. The molecule has 136 valence electrons. The lowest BCUT2D eigenvalue weighted by atomic mass is 10.1. The number of methoxy groups -OCH3 is 2. The van der Waals surface area contributed by atoms with Crippen molar-refractivity contribution < 1.29 is 28.6 Å². The molecule has 0 bridgehead atoms. The molecule has 0 saturated heterocycles. The largest absolute Gasteiger partial charge is 0.497 e. The van der Waals surface area contributed by atoms with E-state index in [2.05, 4.69) is 5.32 Å². The number of Topliss-reactive ketones (excluding diaryl/α,β-unsaturated/α-hetero) is 1. The maximum Gasteiger partial charge on any atom is 0.325 e. The van der Waals surface area contributed by atoms with Gasteiger partial charge in [0.2, 0.25) is 5.78 Å². The SMILES string of the molecule is COc1ccc(C(=O)NCC(=O)OCC(=O)c2ccccc2OC)cc1. The maximum atomic E-state index is 12.1. The van der Waals surface area contributed by atoms with E-state index in [-0.39, 0.29) is 6.54 Å². The topological polar surface area (TPSA) is 90.9 Å². The minimum Gasteiger partial charge on any atom is -0.497 e. The molecule has 1 amide bonds. The van der Waals surface area contributed by atoms with E-state index in [9.17, 15) is 14.4 Å². The molecule has 0 aliphatic heterocycles. The Balaban J connectivity index is 1.81.